The number of benzene rings is 1. The van der Waals surface area contributed by atoms with E-state index in [4.69, 9.17) is 5.73 Å². The van der Waals surface area contributed by atoms with E-state index in [2.05, 4.69) is 27.0 Å². The molecule has 0 spiro atoms. The molecular weight excluding hydrogens is 333 g/mol. The van der Waals surface area contributed by atoms with E-state index < -0.39 is 5.91 Å². The molecule has 1 saturated heterocycles. The maximum atomic E-state index is 14.6. The molecule has 0 unspecified atom stereocenters. The fraction of sp³-hybridized carbons (Fsp3) is 0.368. The highest BCUT2D eigenvalue weighted by Crippen LogP contribution is 2.23. The Morgan fingerprint density at radius 2 is 2.04 bits per heavy atom. The largest absolute Gasteiger partial charge is 0.380 e. The van der Waals surface area contributed by atoms with Crippen LogP contribution in [0.5, 0.6) is 0 Å². The van der Waals surface area contributed by atoms with Crippen molar-refractivity contribution in [1.82, 2.24) is 9.88 Å². The number of primary amides is 1. The van der Waals surface area contributed by atoms with Crippen LogP contribution in [0.1, 0.15) is 22.8 Å². The van der Waals surface area contributed by atoms with Crippen molar-refractivity contribution in [2.45, 2.75) is 13.5 Å². The maximum absolute atomic E-state index is 14.6. The van der Waals surface area contributed by atoms with Crippen molar-refractivity contribution in [3.63, 3.8) is 0 Å². The number of nitrogens with one attached hydrogen (secondary N) is 1. The van der Waals surface area contributed by atoms with Gasteiger partial charge in [-0.3, -0.25) is 9.78 Å². The lowest BCUT2D eigenvalue weighted by Crippen LogP contribution is -2.46. The topological polar surface area (TPSA) is 74.5 Å². The fourth-order valence-electron chi connectivity index (χ4n) is 3.16. The van der Waals surface area contributed by atoms with Gasteiger partial charge in [0.15, 0.2) is 0 Å². The zero-order valence-electron chi connectivity index (χ0n) is 14.9. The predicted molar refractivity (Wildman–Crippen MR) is 101 cm³/mol. The van der Waals surface area contributed by atoms with Gasteiger partial charge >= 0.3 is 0 Å². The molecule has 1 aromatic heterocycles. The highest BCUT2D eigenvalue weighted by Gasteiger charge is 2.18. The van der Waals surface area contributed by atoms with Crippen LogP contribution in [0.3, 0.4) is 0 Å². The van der Waals surface area contributed by atoms with E-state index in [0.717, 1.165) is 38.3 Å². The number of carbonyl (C=O) groups excluding carboxylic acids is 1. The van der Waals surface area contributed by atoms with Crippen molar-refractivity contribution < 1.29 is 9.18 Å². The number of pyridine rings is 1. The van der Waals surface area contributed by atoms with Gasteiger partial charge in [0.2, 0.25) is 0 Å². The van der Waals surface area contributed by atoms with Crippen LogP contribution in [-0.2, 0) is 6.54 Å². The molecule has 2 aromatic rings. The summed E-state index contributed by atoms with van der Waals surface area (Å²) in [5.74, 6) is -0.771. The van der Waals surface area contributed by atoms with E-state index in [-0.39, 0.29) is 5.82 Å². The first-order valence-electron chi connectivity index (χ1n) is 8.82. The Kier molecular flexibility index (Phi) is 5.68. The van der Waals surface area contributed by atoms with E-state index >= 15 is 0 Å². The van der Waals surface area contributed by atoms with Crippen LogP contribution in [0.2, 0.25) is 0 Å². The molecule has 3 rings (SSSR count). The van der Waals surface area contributed by atoms with Gasteiger partial charge in [0.05, 0.1) is 16.9 Å². The first-order valence-corrected chi connectivity index (χ1v) is 8.82. The molecule has 3 N–H and O–H groups in total. The Morgan fingerprint density at radius 1 is 1.27 bits per heavy atom. The van der Waals surface area contributed by atoms with Crippen LogP contribution >= 0.6 is 0 Å². The van der Waals surface area contributed by atoms with Crippen molar-refractivity contribution >= 4 is 17.3 Å². The molecule has 1 aliphatic rings. The van der Waals surface area contributed by atoms with Gasteiger partial charge in [-0.2, -0.15) is 0 Å². The SMILES string of the molecule is CCN1CCN(c2ccc(CNc3ccncc3C(N)=O)cc2F)CC1. The molecule has 1 fully saturated rings. The summed E-state index contributed by atoms with van der Waals surface area (Å²) in [6, 6.07) is 6.95. The Hall–Kier alpha value is -2.67. The second kappa shape index (κ2) is 8.14. The van der Waals surface area contributed by atoms with E-state index in [1.54, 1.807) is 18.3 Å². The van der Waals surface area contributed by atoms with Gasteiger partial charge in [-0.15, -0.1) is 0 Å². The summed E-state index contributed by atoms with van der Waals surface area (Å²) in [6.45, 7) is 7.15. The lowest BCUT2D eigenvalue weighted by Gasteiger charge is -2.35. The van der Waals surface area contributed by atoms with Crippen molar-refractivity contribution in [3.05, 3.63) is 53.6 Å². The first kappa shape index (κ1) is 18.1. The molecule has 2 heterocycles. The van der Waals surface area contributed by atoms with Gasteiger partial charge in [-0.05, 0) is 30.3 Å². The number of nitrogens with zero attached hydrogens (tertiary/aromatic N) is 3. The van der Waals surface area contributed by atoms with Crippen LogP contribution in [0.25, 0.3) is 0 Å². The molecule has 6 nitrogen and oxygen atoms in total. The number of anilines is 2. The number of aromatic nitrogens is 1. The third-order valence-corrected chi connectivity index (χ3v) is 4.74. The number of hydrogen-bond donors (Lipinski definition) is 2. The van der Waals surface area contributed by atoms with Gasteiger partial charge in [0.1, 0.15) is 5.82 Å². The Balaban J connectivity index is 1.66. The molecule has 0 aliphatic carbocycles. The maximum Gasteiger partial charge on any atom is 0.252 e. The molecule has 26 heavy (non-hydrogen) atoms. The molecule has 0 bridgehead atoms. The summed E-state index contributed by atoms with van der Waals surface area (Å²) in [5, 5.41) is 3.12. The third kappa shape index (κ3) is 4.11. The molecule has 138 valence electrons. The predicted octanol–water partition coefficient (Wildman–Crippen LogP) is 2.07. The number of amides is 1. The number of likely N-dealkylation sites (N-methyl/N-ethyl adjacent to an activating group) is 1. The van der Waals surface area contributed by atoms with Crippen molar-refractivity contribution in [2.24, 2.45) is 5.73 Å². The zero-order valence-corrected chi connectivity index (χ0v) is 14.9. The molecule has 1 aromatic carbocycles. The quantitative estimate of drug-likeness (QED) is 0.828. The van der Waals surface area contributed by atoms with Crippen molar-refractivity contribution in [3.8, 4) is 0 Å². The summed E-state index contributed by atoms with van der Waals surface area (Å²) in [6.07, 6.45) is 3.00. The number of piperazine rings is 1. The summed E-state index contributed by atoms with van der Waals surface area (Å²) in [5.41, 5.74) is 7.69. The number of nitrogens with two attached hydrogens (primary N) is 1. The Morgan fingerprint density at radius 3 is 2.69 bits per heavy atom. The van der Waals surface area contributed by atoms with Crippen LogP contribution in [0.15, 0.2) is 36.7 Å². The number of rotatable bonds is 6. The zero-order chi connectivity index (χ0) is 18.5. The van der Waals surface area contributed by atoms with Crippen molar-refractivity contribution in [2.75, 3.05) is 42.9 Å². The van der Waals surface area contributed by atoms with E-state index in [0.29, 0.717) is 23.5 Å². The van der Waals surface area contributed by atoms with Gasteiger partial charge < -0.3 is 20.9 Å². The minimum absolute atomic E-state index is 0.223. The number of hydrogen-bond acceptors (Lipinski definition) is 5. The number of carbonyl (C=O) groups is 1. The molecule has 0 radical (unpaired) electrons. The molecular formula is C19H24FN5O. The normalized spacial score (nSPS) is 15.1. The second-order valence-electron chi connectivity index (χ2n) is 6.35. The van der Waals surface area contributed by atoms with Crippen LogP contribution in [0, 0.1) is 5.82 Å². The van der Waals surface area contributed by atoms with Crippen LogP contribution in [0.4, 0.5) is 15.8 Å². The minimum Gasteiger partial charge on any atom is -0.380 e. The fourth-order valence-corrected chi connectivity index (χ4v) is 3.16. The summed E-state index contributed by atoms with van der Waals surface area (Å²) < 4.78 is 14.6. The van der Waals surface area contributed by atoms with Gasteiger partial charge in [0, 0.05) is 45.1 Å². The molecule has 7 heteroatoms. The monoisotopic (exact) mass is 357 g/mol. The summed E-state index contributed by atoms with van der Waals surface area (Å²) >= 11 is 0. The smallest absolute Gasteiger partial charge is 0.252 e. The first-order chi connectivity index (χ1) is 12.6. The second-order valence-corrected chi connectivity index (χ2v) is 6.35. The average Bonchev–Trinajstić information content (AvgIpc) is 2.67. The van der Waals surface area contributed by atoms with Gasteiger partial charge in [-0.25, -0.2) is 4.39 Å². The lowest BCUT2D eigenvalue weighted by molar-refractivity contribution is 0.100. The van der Waals surface area contributed by atoms with Gasteiger partial charge in [-0.1, -0.05) is 13.0 Å². The van der Waals surface area contributed by atoms with E-state index in [1.807, 2.05) is 12.1 Å². The highest BCUT2D eigenvalue weighted by molar-refractivity contribution is 5.98. The third-order valence-electron chi connectivity index (χ3n) is 4.74. The molecule has 0 atom stereocenters. The van der Waals surface area contributed by atoms with E-state index in [9.17, 15) is 9.18 Å². The number of halogens is 1. The minimum atomic E-state index is -0.548. The highest BCUT2D eigenvalue weighted by atomic mass is 19.1. The van der Waals surface area contributed by atoms with Crippen molar-refractivity contribution in [1.29, 1.82) is 0 Å². The average molecular weight is 357 g/mol. The van der Waals surface area contributed by atoms with Crippen LogP contribution < -0.4 is 16.0 Å². The lowest BCUT2D eigenvalue weighted by atomic mass is 10.1. The van der Waals surface area contributed by atoms with E-state index in [1.165, 1.54) is 6.20 Å². The molecule has 1 amide bonds. The van der Waals surface area contributed by atoms with Crippen LogP contribution in [-0.4, -0.2) is 48.5 Å². The Labute approximate surface area is 152 Å². The van der Waals surface area contributed by atoms with Gasteiger partial charge in [0.25, 0.3) is 5.91 Å². The Bertz CT molecular complexity index is 774. The molecule has 0 saturated carbocycles. The standard InChI is InChI=1S/C19H24FN5O/c1-2-24-7-9-25(10-8-24)18-4-3-14(11-16(18)20)12-23-17-5-6-22-13-15(17)19(21)26/h3-6,11,13H,2,7-10,12H2,1H3,(H2,21,26)(H,22,23). The summed E-state index contributed by atoms with van der Waals surface area (Å²) in [4.78, 5) is 19.8. The summed E-state index contributed by atoms with van der Waals surface area (Å²) in [7, 11) is 0. The molecule has 1 aliphatic heterocycles.